The van der Waals surface area contributed by atoms with Gasteiger partial charge in [0.25, 0.3) is 5.91 Å². The zero-order valence-electron chi connectivity index (χ0n) is 18.0. The molecule has 0 bridgehead atoms. The Bertz CT molecular complexity index is 1080. The number of amides is 1. The number of carbonyl (C=O) groups excluding carboxylic acids is 2. The number of anilines is 1. The van der Waals surface area contributed by atoms with Crippen LogP contribution in [-0.4, -0.2) is 35.0 Å². The summed E-state index contributed by atoms with van der Waals surface area (Å²) in [6.45, 7) is 5.44. The van der Waals surface area contributed by atoms with E-state index in [1.807, 2.05) is 19.1 Å². The molecule has 1 aliphatic heterocycles. The van der Waals surface area contributed by atoms with Gasteiger partial charge in [0.1, 0.15) is 0 Å². The molecule has 0 saturated heterocycles. The summed E-state index contributed by atoms with van der Waals surface area (Å²) in [5.41, 5.74) is 2.95. The Balaban J connectivity index is 1.85. The molecule has 2 aromatic rings. The third-order valence-electron chi connectivity index (χ3n) is 4.94. The van der Waals surface area contributed by atoms with Crippen LogP contribution in [0.4, 0.5) is 5.69 Å². The van der Waals surface area contributed by atoms with E-state index in [0.717, 1.165) is 11.3 Å². The quantitative estimate of drug-likeness (QED) is 0.434. The highest BCUT2D eigenvalue weighted by Crippen LogP contribution is 2.31. The van der Waals surface area contributed by atoms with Crippen molar-refractivity contribution in [2.24, 2.45) is 0 Å². The van der Waals surface area contributed by atoms with Crippen LogP contribution in [0.2, 0.25) is 10.0 Å². The second kappa shape index (κ2) is 9.90. The SMILES string of the molecule is CC1=C(C(=O)OC(C)C)[C@H](c2ccc(NC(=O)c3cc(Cl)cc(Cl)c3)cc2)NC(=S)N1C. The number of thiocarbonyl (C=S) groups is 1. The fourth-order valence-electron chi connectivity index (χ4n) is 3.27. The zero-order valence-corrected chi connectivity index (χ0v) is 20.4. The number of rotatable bonds is 5. The number of benzene rings is 2. The Morgan fingerprint density at radius 1 is 1.12 bits per heavy atom. The minimum Gasteiger partial charge on any atom is -0.459 e. The number of halogens is 2. The van der Waals surface area contributed by atoms with Gasteiger partial charge >= 0.3 is 5.97 Å². The van der Waals surface area contributed by atoms with Crippen LogP contribution in [0.1, 0.15) is 42.7 Å². The topological polar surface area (TPSA) is 70.7 Å². The monoisotopic (exact) mass is 491 g/mol. The van der Waals surface area contributed by atoms with E-state index < -0.39 is 12.0 Å². The van der Waals surface area contributed by atoms with E-state index in [9.17, 15) is 9.59 Å². The highest BCUT2D eigenvalue weighted by Gasteiger charge is 2.33. The van der Waals surface area contributed by atoms with Crippen LogP contribution in [-0.2, 0) is 9.53 Å². The average Bonchev–Trinajstić information content (AvgIpc) is 2.71. The molecule has 2 aromatic carbocycles. The van der Waals surface area contributed by atoms with Gasteiger partial charge in [0.15, 0.2) is 5.11 Å². The molecule has 0 aromatic heterocycles. The molecule has 6 nitrogen and oxygen atoms in total. The van der Waals surface area contributed by atoms with E-state index in [1.165, 1.54) is 0 Å². The van der Waals surface area contributed by atoms with Crippen molar-refractivity contribution < 1.29 is 14.3 Å². The van der Waals surface area contributed by atoms with E-state index in [-0.39, 0.29) is 12.0 Å². The first-order valence-corrected chi connectivity index (χ1v) is 11.1. The van der Waals surface area contributed by atoms with Crippen LogP contribution in [0, 0.1) is 0 Å². The number of nitrogens with one attached hydrogen (secondary N) is 2. The average molecular weight is 492 g/mol. The van der Waals surface area contributed by atoms with Crippen LogP contribution < -0.4 is 10.6 Å². The molecule has 1 aliphatic rings. The first-order chi connectivity index (χ1) is 15.1. The molecule has 0 fully saturated rings. The van der Waals surface area contributed by atoms with E-state index >= 15 is 0 Å². The van der Waals surface area contributed by atoms with Crippen molar-refractivity contribution in [2.45, 2.75) is 32.9 Å². The van der Waals surface area contributed by atoms with Crippen LogP contribution in [0.3, 0.4) is 0 Å². The Labute approximate surface area is 202 Å². The molecule has 32 heavy (non-hydrogen) atoms. The maximum Gasteiger partial charge on any atom is 0.338 e. The lowest BCUT2D eigenvalue weighted by molar-refractivity contribution is -0.143. The van der Waals surface area contributed by atoms with E-state index in [1.54, 1.807) is 56.1 Å². The van der Waals surface area contributed by atoms with Crippen molar-refractivity contribution in [1.82, 2.24) is 10.2 Å². The van der Waals surface area contributed by atoms with Crippen molar-refractivity contribution in [2.75, 3.05) is 12.4 Å². The van der Waals surface area contributed by atoms with Crippen molar-refractivity contribution in [3.05, 3.63) is 74.9 Å². The van der Waals surface area contributed by atoms with Crippen molar-refractivity contribution in [1.29, 1.82) is 0 Å². The molecule has 168 valence electrons. The molecule has 2 N–H and O–H groups in total. The van der Waals surface area contributed by atoms with Gasteiger partial charge in [0.05, 0.1) is 17.7 Å². The molecule has 3 rings (SSSR count). The first kappa shape index (κ1) is 24.0. The van der Waals surface area contributed by atoms with Gasteiger partial charge in [-0.05, 0) is 68.9 Å². The summed E-state index contributed by atoms with van der Waals surface area (Å²) in [5, 5.41) is 7.27. The van der Waals surface area contributed by atoms with Crippen molar-refractivity contribution >= 4 is 58.1 Å². The van der Waals surface area contributed by atoms with E-state index in [4.69, 9.17) is 40.2 Å². The molecule has 0 spiro atoms. The van der Waals surface area contributed by atoms with Crippen LogP contribution in [0.15, 0.2) is 53.7 Å². The molecular formula is C23H23Cl2N3O3S. The summed E-state index contributed by atoms with van der Waals surface area (Å²) in [6.07, 6.45) is -0.250. The maximum atomic E-state index is 12.8. The number of hydrogen-bond donors (Lipinski definition) is 2. The summed E-state index contributed by atoms with van der Waals surface area (Å²) in [7, 11) is 1.80. The normalized spacial score (nSPS) is 16.2. The van der Waals surface area contributed by atoms with Crippen LogP contribution in [0.25, 0.3) is 0 Å². The number of ether oxygens (including phenoxy) is 1. The van der Waals surface area contributed by atoms with Gasteiger partial charge in [-0.25, -0.2) is 4.79 Å². The highest BCUT2D eigenvalue weighted by atomic mass is 35.5. The fraction of sp³-hybridized carbons (Fsp3) is 0.261. The lowest BCUT2D eigenvalue weighted by Crippen LogP contribution is -2.46. The van der Waals surface area contributed by atoms with E-state index in [0.29, 0.717) is 32.0 Å². The second-order valence-corrected chi connectivity index (χ2v) is 8.89. The molecule has 1 heterocycles. The maximum absolute atomic E-state index is 12.8. The van der Waals surface area contributed by atoms with Gasteiger partial charge in [0, 0.05) is 34.0 Å². The largest absolute Gasteiger partial charge is 0.459 e. The number of nitrogens with zero attached hydrogens (tertiary/aromatic N) is 1. The van der Waals surface area contributed by atoms with Crippen LogP contribution >= 0.6 is 35.4 Å². The second-order valence-electron chi connectivity index (χ2n) is 7.63. The summed E-state index contributed by atoms with van der Waals surface area (Å²) in [5.74, 6) is -0.739. The van der Waals surface area contributed by atoms with Crippen LogP contribution in [0.5, 0.6) is 0 Å². The Kier molecular flexibility index (Phi) is 7.44. The third kappa shape index (κ3) is 5.41. The predicted octanol–water partition coefficient (Wildman–Crippen LogP) is 5.33. The zero-order chi connectivity index (χ0) is 23.6. The standard InChI is InChI=1S/C23H23Cl2N3O3S/c1-12(2)31-22(30)19-13(3)28(4)23(32)27-20(19)14-5-7-18(8-6-14)26-21(29)15-9-16(24)11-17(25)10-15/h5-12,20H,1-4H3,(H,26,29)(H,27,32)/t20-/m0/s1. The summed E-state index contributed by atoms with van der Waals surface area (Å²) >= 11 is 17.4. The summed E-state index contributed by atoms with van der Waals surface area (Å²) in [4.78, 5) is 27.1. The van der Waals surface area contributed by atoms with Gasteiger partial charge in [-0.1, -0.05) is 35.3 Å². The number of allylic oxidation sites excluding steroid dienone is 1. The number of esters is 1. The highest BCUT2D eigenvalue weighted by molar-refractivity contribution is 7.80. The fourth-order valence-corrected chi connectivity index (χ4v) is 4.06. The van der Waals surface area contributed by atoms with Gasteiger partial charge in [0.2, 0.25) is 0 Å². The molecule has 0 saturated carbocycles. The summed E-state index contributed by atoms with van der Waals surface area (Å²) in [6, 6.07) is 11.3. The van der Waals surface area contributed by atoms with Gasteiger partial charge in [-0.2, -0.15) is 0 Å². The molecule has 0 unspecified atom stereocenters. The number of carbonyl (C=O) groups is 2. The number of hydrogen-bond acceptors (Lipinski definition) is 4. The molecule has 0 radical (unpaired) electrons. The van der Waals surface area contributed by atoms with E-state index in [2.05, 4.69) is 10.6 Å². The molecule has 1 amide bonds. The third-order valence-corrected chi connectivity index (χ3v) is 5.77. The predicted molar refractivity (Wildman–Crippen MR) is 131 cm³/mol. The smallest absolute Gasteiger partial charge is 0.338 e. The Hall–Kier alpha value is -2.61. The van der Waals surface area contributed by atoms with Gasteiger partial charge in [-0.3, -0.25) is 4.79 Å². The first-order valence-electron chi connectivity index (χ1n) is 9.90. The minimum atomic E-state index is -0.471. The van der Waals surface area contributed by atoms with Crippen molar-refractivity contribution in [3.63, 3.8) is 0 Å². The van der Waals surface area contributed by atoms with Gasteiger partial charge in [-0.15, -0.1) is 0 Å². The van der Waals surface area contributed by atoms with Gasteiger partial charge < -0.3 is 20.3 Å². The molecule has 1 atom stereocenters. The molecular weight excluding hydrogens is 469 g/mol. The molecule has 9 heteroatoms. The Morgan fingerprint density at radius 3 is 2.28 bits per heavy atom. The minimum absolute atomic E-state index is 0.250. The lowest BCUT2D eigenvalue weighted by atomic mass is 9.95. The lowest BCUT2D eigenvalue weighted by Gasteiger charge is -2.35. The Morgan fingerprint density at radius 2 is 1.72 bits per heavy atom. The molecule has 0 aliphatic carbocycles. The van der Waals surface area contributed by atoms with Crippen molar-refractivity contribution in [3.8, 4) is 0 Å². The summed E-state index contributed by atoms with van der Waals surface area (Å²) < 4.78 is 5.45.